The van der Waals surface area contributed by atoms with Gasteiger partial charge in [0.05, 0.1) is 17.1 Å². The molecule has 6 nitrogen and oxygen atoms in total. The van der Waals surface area contributed by atoms with Gasteiger partial charge in [-0.2, -0.15) is 10.1 Å². The summed E-state index contributed by atoms with van der Waals surface area (Å²) in [6.07, 6.45) is 0. The number of nitrogens with one attached hydrogen (secondary N) is 1. The summed E-state index contributed by atoms with van der Waals surface area (Å²) in [5.41, 5.74) is 6.99. The Morgan fingerprint density at radius 2 is 2.41 bits per heavy atom. The average Bonchev–Trinajstić information content (AvgIpc) is 3.09. The zero-order valence-corrected chi connectivity index (χ0v) is 9.57. The molecule has 0 fully saturated rings. The highest BCUT2D eigenvalue weighted by Crippen LogP contribution is 2.25. The lowest BCUT2D eigenvalue weighted by Crippen LogP contribution is -1.95. The van der Waals surface area contributed by atoms with Gasteiger partial charge in [0.2, 0.25) is 11.7 Å². The van der Waals surface area contributed by atoms with E-state index in [1.54, 1.807) is 11.3 Å². The van der Waals surface area contributed by atoms with Gasteiger partial charge in [-0.15, -0.1) is 11.3 Å². The van der Waals surface area contributed by atoms with Crippen LogP contribution in [0.3, 0.4) is 0 Å². The van der Waals surface area contributed by atoms with Crippen LogP contribution in [0.4, 0.5) is 0 Å². The minimum Gasteiger partial charge on any atom is -0.338 e. The van der Waals surface area contributed by atoms with Crippen molar-refractivity contribution in [2.45, 2.75) is 6.54 Å². The van der Waals surface area contributed by atoms with Crippen LogP contribution in [0.2, 0.25) is 0 Å². The highest BCUT2D eigenvalue weighted by molar-refractivity contribution is 7.13. The molecule has 0 unspecified atom stereocenters. The van der Waals surface area contributed by atoms with Crippen molar-refractivity contribution in [1.29, 1.82) is 0 Å². The number of hydrogen-bond acceptors (Lipinski definition) is 6. The Kier molecular flexibility index (Phi) is 2.46. The molecule has 0 bridgehead atoms. The summed E-state index contributed by atoms with van der Waals surface area (Å²) in [5.74, 6) is 0.852. The number of hydrogen-bond donors (Lipinski definition) is 2. The summed E-state index contributed by atoms with van der Waals surface area (Å²) in [5, 5.41) is 12.9. The summed E-state index contributed by atoms with van der Waals surface area (Å²) in [6, 6.07) is 5.89. The first-order chi connectivity index (χ1) is 8.36. The molecule has 3 aromatic heterocycles. The van der Waals surface area contributed by atoms with Crippen molar-refractivity contribution in [1.82, 2.24) is 20.3 Å². The van der Waals surface area contributed by atoms with Crippen LogP contribution in [0.1, 0.15) is 5.89 Å². The molecule has 0 spiro atoms. The Morgan fingerprint density at radius 1 is 1.47 bits per heavy atom. The fraction of sp³-hybridized carbons (Fsp3) is 0.100. The molecular weight excluding hydrogens is 238 g/mol. The maximum absolute atomic E-state index is 5.40. The third kappa shape index (κ3) is 1.85. The largest absolute Gasteiger partial charge is 0.338 e. The zero-order chi connectivity index (χ0) is 11.7. The SMILES string of the molecule is NCc1nc(-c2cc(-c3cccs3)[nH]n2)no1. The molecule has 0 aliphatic rings. The van der Waals surface area contributed by atoms with Gasteiger partial charge in [0, 0.05) is 0 Å². The van der Waals surface area contributed by atoms with Gasteiger partial charge in [-0.25, -0.2) is 0 Å². The summed E-state index contributed by atoms with van der Waals surface area (Å²) < 4.78 is 4.93. The van der Waals surface area contributed by atoms with E-state index in [1.807, 2.05) is 23.6 Å². The van der Waals surface area contributed by atoms with Crippen LogP contribution < -0.4 is 5.73 Å². The number of H-pyrrole nitrogens is 1. The van der Waals surface area contributed by atoms with Crippen LogP contribution >= 0.6 is 11.3 Å². The number of aromatic nitrogens is 4. The summed E-state index contributed by atoms with van der Waals surface area (Å²) in [6.45, 7) is 0.231. The van der Waals surface area contributed by atoms with Crippen molar-refractivity contribution < 1.29 is 4.52 Å². The number of nitrogens with two attached hydrogens (primary N) is 1. The standard InChI is InChI=1S/C10H9N5OS/c11-5-9-12-10(15-16-9)7-4-6(13-14-7)8-2-1-3-17-8/h1-4H,5,11H2,(H,13,14). The Labute approximate surface area is 100 Å². The molecule has 3 aromatic rings. The van der Waals surface area contributed by atoms with Crippen LogP contribution in [0, 0.1) is 0 Å². The minimum absolute atomic E-state index is 0.231. The van der Waals surface area contributed by atoms with Crippen molar-refractivity contribution in [3.63, 3.8) is 0 Å². The van der Waals surface area contributed by atoms with Crippen molar-refractivity contribution in [2.24, 2.45) is 5.73 Å². The van der Waals surface area contributed by atoms with E-state index in [4.69, 9.17) is 10.3 Å². The van der Waals surface area contributed by atoms with E-state index in [0.29, 0.717) is 17.4 Å². The molecule has 17 heavy (non-hydrogen) atoms. The predicted octanol–water partition coefficient (Wildman–Crippen LogP) is 1.65. The summed E-state index contributed by atoms with van der Waals surface area (Å²) in [4.78, 5) is 5.23. The van der Waals surface area contributed by atoms with Crippen LogP contribution in [-0.4, -0.2) is 20.3 Å². The molecule has 86 valence electrons. The Morgan fingerprint density at radius 3 is 3.12 bits per heavy atom. The second-order valence-electron chi connectivity index (χ2n) is 3.36. The van der Waals surface area contributed by atoms with Crippen molar-refractivity contribution in [2.75, 3.05) is 0 Å². The lowest BCUT2D eigenvalue weighted by Gasteiger charge is -1.86. The smallest absolute Gasteiger partial charge is 0.240 e. The molecule has 3 rings (SSSR count). The molecular formula is C10H9N5OS. The number of thiophene rings is 1. The highest BCUT2D eigenvalue weighted by atomic mass is 32.1. The molecule has 7 heteroatoms. The van der Waals surface area contributed by atoms with Crippen LogP contribution in [0.25, 0.3) is 22.1 Å². The maximum atomic E-state index is 5.40. The first-order valence-electron chi connectivity index (χ1n) is 4.99. The van der Waals surface area contributed by atoms with Gasteiger partial charge >= 0.3 is 0 Å². The third-order valence-corrected chi connectivity index (χ3v) is 3.14. The van der Waals surface area contributed by atoms with E-state index in [2.05, 4.69) is 20.3 Å². The first-order valence-corrected chi connectivity index (χ1v) is 5.87. The molecule has 0 aliphatic carbocycles. The molecule has 0 saturated heterocycles. The molecule has 0 aromatic carbocycles. The van der Waals surface area contributed by atoms with Gasteiger partial charge < -0.3 is 10.3 Å². The van der Waals surface area contributed by atoms with E-state index < -0.39 is 0 Å². The molecule has 0 aliphatic heterocycles. The fourth-order valence-corrected chi connectivity index (χ4v) is 2.13. The molecule has 0 saturated carbocycles. The van der Waals surface area contributed by atoms with Gasteiger partial charge in [0.1, 0.15) is 5.69 Å². The van der Waals surface area contributed by atoms with Crippen molar-refractivity contribution in [3.05, 3.63) is 29.5 Å². The Hall–Kier alpha value is -1.99. The molecule has 3 N–H and O–H groups in total. The summed E-state index contributed by atoms with van der Waals surface area (Å²) >= 11 is 1.64. The number of nitrogens with zero attached hydrogens (tertiary/aromatic N) is 3. The Balaban J connectivity index is 1.94. The average molecular weight is 247 g/mol. The Bertz CT molecular complexity index is 612. The van der Waals surface area contributed by atoms with Gasteiger partial charge in [-0.1, -0.05) is 11.2 Å². The fourth-order valence-electron chi connectivity index (χ4n) is 1.44. The molecule has 0 amide bonds. The molecule has 0 atom stereocenters. The van der Waals surface area contributed by atoms with E-state index >= 15 is 0 Å². The minimum atomic E-state index is 0.231. The lowest BCUT2D eigenvalue weighted by molar-refractivity contribution is 0.380. The second kappa shape index (κ2) is 4.11. The number of aromatic amines is 1. The number of rotatable bonds is 3. The first kappa shape index (κ1) is 10.2. The van der Waals surface area contributed by atoms with Crippen LogP contribution in [0.5, 0.6) is 0 Å². The third-order valence-electron chi connectivity index (χ3n) is 2.24. The van der Waals surface area contributed by atoms with Gasteiger partial charge in [-0.3, -0.25) is 5.10 Å². The van der Waals surface area contributed by atoms with Gasteiger partial charge in [0.15, 0.2) is 0 Å². The topological polar surface area (TPSA) is 93.6 Å². The van der Waals surface area contributed by atoms with Crippen LogP contribution in [-0.2, 0) is 6.54 Å². The molecule has 3 heterocycles. The monoisotopic (exact) mass is 247 g/mol. The van der Waals surface area contributed by atoms with Gasteiger partial charge in [0.25, 0.3) is 0 Å². The van der Waals surface area contributed by atoms with Crippen molar-refractivity contribution >= 4 is 11.3 Å². The van der Waals surface area contributed by atoms with Crippen molar-refractivity contribution in [3.8, 4) is 22.1 Å². The van der Waals surface area contributed by atoms with E-state index in [-0.39, 0.29) is 6.54 Å². The van der Waals surface area contributed by atoms with Crippen LogP contribution in [0.15, 0.2) is 28.1 Å². The van der Waals surface area contributed by atoms with E-state index in [1.165, 1.54) is 0 Å². The highest BCUT2D eigenvalue weighted by Gasteiger charge is 2.12. The maximum Gasteiger partial charge on any atom is 0.240 e. The molecule has 0 radical (unpaired) electrons. The predicted molar refractivity (Wildman–Crippen MR) is 63.1 cm³/mol. The lowest BCUT2D eigenvalue weighted by atomic mass is 10.3. The van der Waals surface area contributed by atoms with E-state index in [0.717, 1.165) is 10.6 Å². The normalized spacial score (nSPS) is 10.9. The van der Waals surface area contributed by atoms with Gasteiger partial charge in [-0.05, 0) is 17.5 Å². The summed E-state index contributed by atoms with van der Waals surface area (Å²) in [7, 11) is 0. The van der Waals surface area contributed by atoms with E-state index in [9.17, 15) is 0 Å². The quantitative estimate of drug-likeness (QED) is 0.733. The zero-order valence-electron chi connectivity index (χ0n) is 8.75. The second-order valence-corrected chi connectivity index (χ2v) is 4.31.